The molecule has 0 spiro atoms. The smallest absolute Gasteiger partial charge is 0.414 e. The molecule has 8 heteroatoms. The van der Waals surface area contributed by atoms with Crippen LogP contribution in [0.1, 0.15) is 41.5 Å². The Labute approximate surface area is 197 Å². The van der Waals surface area contributed by atoms with Gasteiger partial charge in [0.15, 0.2) is 0 Å². The molecule has 2 rings (SSSR count). The van der Waals surface area contributed by atoms with E-state index in [1.165, 1.54) is 10.6 Å². The fourth-order valence-corrected chi connectivity index (χ4v) is 4.97. The first-order valence-electron chi connectivity index (χ1n) is 10.8. The van der Waals surface area contributed by atoms with Crippen molar-refractivity contribution in [1.82, 2.24) is 10.6 Å². The summed E-state index contributed by atoms with van der Waals surface area (Å²) < 4.78 is 10.6. The van der Waals surface area contributed by atoms with Gasteiger partial charge in [-0.2, -0.15) is 0 Å². The van der Waals surface area contributed by atoms with E-state index in [0.29, 0.717) is 6.54 Å². The average molecular weight is 472 g/mol. The first kappa shape index (κ1) is 26.3. The number of amides is 2. The number of hydrogen-bond donors (Lipinski definition) is 2. The second-order valence-corrected chi connectivity index (χ2v) is 11.6. The number of alkyl carbamates (subject to hydrolysis) is 2. The van der Waals surface area contributed by atoms with Crippen LogP contribution in [0.3, 0.4) is 0 Å². The van der Waals surface area contributed by atoms with Gasteiger partial charge in [-0.1, -0.05) is 60.7 Å². The summed E-state index contributed by atoms with van der Waals surface area (Å²) in [4.78, 5) is 29.0. The minimum Gasteiger partial charge on any atom is -0.444 e. The highest BCUT2D eigenvalue weighted by Gasteiger charge is 2.21. The van der Waals surface area contributed by atoms with Crippen LogP contribution in [0.5, 0.6) is 0 Å². The molecule has 2 aromatic rings. The second-order valence-electron chi connectivity index (χ2n) is 9.31. The molecule has 0 bridgehead atoms. The molecule has 33 heavy (non-hydrogen) atoms. The highest BCUT2D eigenvalue weighted by molar-refractivity contribution is 7.73. The average Bonchev–Trinajstić information content (AvgIpc) is 2.69. The van der Waals surface area contributed by atoms with Gasteiger partial charge in [0.1, 0.15) is 11.2 Å². The number of nitrogens with one attached hydrogen (secondary N) is 2. The fraction of sp³-hybridized carbons (Fsp3) is 0.400. The summed E-state index contributed by atoms with van der Waals surface area (Å²) in [5.74, 6) is -0.00502. The summed E-state index contributed by atoms with van der Waals surface area (Å²) in [7, 11) is -0.661. The molecule has 2 N–H and O–H groups in total. The van der Waals surface area contributed by atoms with Crippen LogP contribution in [0.15, 0.2) is 65.7 Å². The molecule has 178 valence electrons. The molecule has 7 nitrogen and oxygen atoms in total. The topological polar surface area (TPSA) is 89.0 Å². The van der Waals surface area contributed by atoms with Crippen molar-refractivity contribution in [1.29, 1.82) is 0 Å². The van der Waals surface area contributed by atoms with Crippen LogP contribution in [0.25, 0.3) is 0 Å². The molecule has 0 fully saturated rings. The van der Waals surface area contributed by atoms with Crippen molar-refractivity contribution in [3.63, 3.8) is 0 Å². The lowest BCUT2D eigenvalue weighted by atomic mass is 10.2. The number of aliphatic imine (C=N–C) groups is 1. The third kappa shape index (κ3) is 10.5. The van der Waals surface area contributed by atoms with Crippen molar-refractivity contribution in [2.75, 3.05) is 12.7 Å². The van der Waals surface area contributed by atoms with Crippen molar-refractivity contribution in [3.05, 3.63) is 60.7 Å². The van der Waals surface area contributed by atoms with Gasteiger partial charge in [0, 0.05) is 6.54 Å². The molecule has 0 heterocycles. The van der Waals surface area contributed by atoms with Gasteiger partial charge in [0.05, 0.1) is 0 Å². The molecular weight excluding hydrogens is 437 g/mol. The molecule has 0 saturated carbocycles. The Morgan fingerprint density at radius 1 is 0.758 bits per heavy atom. The van der Waals surface area contributed by atoms with E-state index < -0.39 is 31.3 Å². The highest BCUT2D eigenvalue weighted by atomic mass is 31.1. The number of carbonyl (C=O) groups excluding carboxylic acids is 2. The normalized spacial score (nSPS) is 11.5. The maximum atomic E-state index is 12.3. The number of nitrogens with zero attached hydrogens (tertiary/aromatic N) is 1. The lowest BCUT2D eigenvalue weighted by Crippen LogP contribution is -2.47. The molecule has 0 aliphatic rings. The number of benzene rings is 2. The summed E-state index contributed by atoms with van der Waals surface area (Å²) in [5.41, 5.74) is -1.37. The lowest BCUT2D eigenvalue weighted by molar-refractivity contribution is 0.0545. The summed E-state index contributed by atoms with van der Waals surface area (Å²) in [5, 5.41) is 7.52. The second kappa shape index (κ2) is 11.8. The van der Waals surface area contributed by atoms with E-state index in [0.717, 1.165) is 6.16 Å². The Bertz CT molecular complexity index is 864. The van der Waals surface area contributed by atoms with Gasteiger partial charge in [0.25, 0.3) is 0 Å². The zero-order valence-corrected chi connectivity index (χ0v) is 21.1. The Hall–Kier alpha value is -2.92. The van der Waals surface area contributed by atoms with E-state index in [-0.39, 0.29) is 5.96 Å². The van der Waals surface area contributed by atoms with Crippen LogP contribution in [-0.2, 0) is 9.47 Å². The summed E-state index contributed by atoms with van der Waals surface area (Å²) in [6, 6.07) is 20.5. The Kier molecular flexibility index (Phi) is 9.42. The van der Waals surface area contributed by atoms with E-state index in [1.54, 1.807) is 41.5 Å². The maximum Gasteiger partial charge on any atom is 0.414 e. The molecule has 0 aliphatic heterocycles. The quantitative estimate of drug-likeness (QED) is 0.381. The number of rotatable bonds is 5. The molecule has 0 atom stereocenters. The number of ether oxygens (including phenoxy) is 2. The standard InChI is InChI=1S/C25H34N3O4P/c1-24(2,3)31-22(29)27-21(28-23(30)32-25(4,5)6)26-17-18-33(19-13-9-7-10-14-19)20-15-11-8-12-16-20/h7-16H,17-18H2,1-6H3,(H2,26,27,28,29,30). The first-order chi connectivity index (χ1) is 15.4. The Balaban J connectivity index is 2.18. The lowest BCUT2D eigenvalue weighted by Gasteiger charge is -2.22. The van der Waals surface area contributed by atoms with Gasteiger partial charge in [-0.05, 0) is 66.2 Å². The third-order valence-corrected chi connectivity index (χ3v) is 6.46. The molecule has 0 radical (unpaired) electrons. The largest absolute Gasteiger partial charge is 0.444 e. The summed E-state index contributed by atoms with van der Waals surface area (Å²) in [6.07, 6.45) is -0.671. The Morgan fingerprint density at radius 3 is 1.52 bits per heavy atom. The third-order valence-electron chi connectivity index (χ3n) is 3.97. The Morgan fingerprint density at radius 2 is 1.15 bits per heavy atom. The molecule has 2 amide bonds. The van der Waals surface area contributed by atoms with Gasteiger partial charge in [-0.25, -0.2) is 9.59 Å². The van der Waals surface area contributed by atoms with Gasteiger partial charge in [-0.3, -0.25) is 15.6 Å². The number of carbonyl (C=O) groups is 2. The van der Waals surface area contributed by atoms with Gasteiger partial charge < -0.3 is 9.47 Å². The fourth-order valence-electron chi connectivity index (χ4n) is 2.80. The van der Waals surface area contributed by atoms with E-state index in [9.17, 15) is 9.59 Å². The van der Waals surface area contributed by atoms with E-state index in [2.05, 4.69) is 39.9 Å². The van der Waals surface area contributed by atoms with Crippen LogP contribution >= 0.6 is 7.92 Å². The summed E-state index contributed by atoms with van der Waals surface area (Å²) >= 11 is 0. The van der Waals surface area contributed by atoms with E-state index >= 15 is 0 Å². The van der Waals surface area contributed by atoms with Crippen molar-refractivity contribution >= 4 is 36.7 Å². The van der Waals surface area contributed by atoms with Crippen LogP contribution < -0.4 is 21.2 Å². The minimum atomic E-state index is -0.703. The van der Waals surface area contributed by atoms with Gasteiger partial charge in [-0.15, -0.1) is 0 Å². The molecule has 2 aromatic carbocycles. The van der Waals surface area contributed by atoms with Crippen molar-refractivity contribution < 1.29 is 19.1 Å². The van der Waals surface area contributed by atoms with Crippen LogP contribution in [0.2, 0.25) is 0 Å². The van der Waals surface area contributed by atoms with Gasteiger partial charge in [0.2, 0.25) is 5.96 Å². The highest BCUT2D eigenvalue weighted by Crippen LogP contribution is 2.32. The molecular formula is C25H34N3O4P. The number of hydrogen-bond acceptors (Lipinski definition) is 5. The molecule has 0 unspecified atom stereocenters. The van der Waals surface area contributed by atoms with Crippen molar-refractivity contribution in [3.8, 4) is 0 Å². The van der Waals surface area contributed by atoms with Crippen LogP contribution in [0.4, 0.5) is 9.59 Å². The predicted octanol–water partition coefficient (Wildman–Crippen LogP) is 4.52. The van der Waals surface area contributed by atoms with Crippen LogP contribution in [0, 0.1) is 0 Å². The monoisotopic (exact) mass is 471 g/mol. The molecule has 0 aromatic heterocycles. The minimum absolute atomic E-state index is 0.00502. The first-order valence-corrected chi connectivity index (χ1v) is 12.4. The predicted molar refractivity (Wildman–Crippen MR) is 135 cm³/mol. The van der Waals surface area contributed by atoms with Crippen LogP contribution in [-0.4, -0.2) is 42.1 Å². The van der Waals surface area contributed by atoms with Gasteiger partial charge >= 0.3 is 12.2 Å². The molecule has 0 aliphatic carbocycles. The SMILES string of the molecule is CC(C)(C)OC(=O)NC(=NCCP(c1ccccc1)c1ccccc1)NC(=O)OC(C)(C)C. The van der Waals surface area contributed by atoms with E-state index in [1.807, 2.05) is 36.4 Å². The molecule has 0 saturated heterocycles. The summed E-state index contributed by atoms with van der Waals surface area (Å²) in [6.45, 7) is 11.0. The zero-order chi connectivity index (χ0) is 24.5. The van der Waals surface area contributed by atoms with Crippen molar-refractivity contribution in [2.45, 2.75) is 52.7 Å². The van der Waals surface area contributed by atoms with Crippen molar-refractivity contribution in [2.24, 2.45) is 4.99 Å². The van der Waals surface area contributed by atoms with E-state index in [4.69, 9.17) is 9.47 Å². The number of guanidine groups is 1. The zero-order valence-electron chi connectivity index (χ0n) is 20.2. The maximum absolute atomic E-state index is 12.3.